The number of nitriles is 1. The predicted molar refractivity (Wildman–Crippen MR) is 99.9 cm³/mol. The minimum Gasteiger partial charge on any atom is -0.379 e. The van der Waals surface area contributed by atoms with Crippen LogP contribution >= 0.6 is 22.9 Å². The van der Waals surface area contributed by atoms with E-state index in [2.05, 4.69) is 10.3 Å². The Balaban J connectivity index is 1.93. The summed E-state index contributed by atoms with van der Waals surface area (Å²) in [5.74, 6) is -2.63. The largest absolute Gasteiger partial charge is 0.379 e. The molecule has 0 aliphatic carbocycles. The van der Waals surface area contributed by atoms with Crippen molar-refractivity contribution in [2.45, 2.75) is 26.4 Å². The number of halogens is 1. The average molecular weight is 395 g/mol. The van der Waals surface area contributed by atoms with Gasteiger partial charge in [-0.25, -0.2) is 4.98 Å². The summed E-state index contributed by atoms with van der Waals surface area (Å²) < 4.78 is 7.09. The van der Waals surface area contributed by atoms with Crippen LogP contribution in [0.2, 0.25) is 5.15 Å². The number of allylic oxidation sites excluding steroid dienone is 1. The van der Waals surface area contributed by atoms with E-state index in [0.29, 0.717) is 30.2 Å². The molecule has 0 fully saturated rings. The summed E-state index contributed by atoms with van der Waals surface area (Å²) >= 11 is 7.45. The van der Waals surface area contributed by atoms with Crippen molar-refractivity contribution in [3.8, 4) is 6.07 Å². The third-order valence-corrected chi connectivity index (χ3v) is 4.44. The Labute approximate surface area is 160 Å². The molecule has 1 amide bonds. The summed E-state index contributed by atoms with van der Waals surface area (Å²) in [6.07, 6.45) is 5.15. The number of nitrogens with one attached hydrogen (secondary N) is 1. The van der Waals surface area contributed by atoms with Crippen molar-refractivity contribution in [3.05, 3.63) is 28.5 Å². The first-order valence-corrected chi connectivity index (χ1v) is 9.31. The lowest BCUT2D eigenvalue weighted by molar-refractivity contribution is -0.129. The molecule has 0 aliphatic rings. The Morgan fingerprint density at radius 1 is 1.54 bits per heavy atom. The molecule has 0 bridgehead atoms. The van der Waals surface area contributed by atoms with Gasteiger partial charge in [0, 0.05) is 24.7 Å². The molecule has 9 heteroatoms. The van der Waals surface area contributed by atoms with Gasteiger partial charge in [0.2, 0.25) is 5.91 Å². The van der Waals surface area contributed by atoms with Crippen LogP contribution in [0.15, 0.2) is 17.7 Å². The van der Waals surface area contributed by atoms with E-state index >= 15 is 0 Å². The highest BCUT2D eigenvalue weighted by Crippen LogP contribution is 2.22. The fraction of sp³-hybridized carbons (Fsp3) is 0.412. The molecule has 7 nitrogen and oxygen atoms in total. The number of carbonyl (C=O) groups is 2. The smallest absolute Gasteiger partial charge is 0.245 e. The number of hydrogen-bond acceptors (Lipinski definition) is 6. The van der Waals surface area contributed by atoms with E-state index in [4.69, 9.17) is 21.6 Å². The van der Waals surface area contributed by atoms with Crippen molar-refractivity contribution >= 4 is 45.7 Å². The number of fused-ring (bicyclic) bond motifs is 1. The van der Waals surface area contributed by atoms with Crippen LogP contribution in [0.1, 0.15) is 26.0 Å². The molecule has 0 spiro atoms. The summed E-state index contributed by atoms with van der Waals surface area (Å²) in [6, 6.07) is 1.74. The van der Waals surface area contributed by atoms with Gasteiger partial charge in [-0.2, -0.15) is 5.26 Å². The Morgan fingerprint density at radius 3 is 3.00 bits per heavy atom. The first-order chi connectivity index (χ1) is 12.4. The fourth-order valence-corrected chi connectivity index (χ4v) is 3.14. The van der Waals surface area contributed by atoms with Gasteiger partial charge in [0.25, 0.3) is 0 Å². The van der Waals surface area contributed by atoms with Gasteiger partial charge >= 0.3 is 0 Å². The molecule has 2 rings (SSSR count). The number of thiazole rings is 1. The van der Waals surface area contributed by atoms with Gasteiger partial charge < -0.3 is 10.1 Å². The number of imidazole rings is 1. The van der Waals surface area contributed by atoms with Crippen molar-refractivity contribution in [1.29, 1.82) is 5.26 Å². The van der Waals surface area contributed by atoms with Crippen LogP contribution in [0.3, 0.4) is 0 Å². The monoisotopic (exact) mass is 394 g/mol. The standard InChI is InChI=1S/C17H19ClN4O3S/c1-11(2)25-8-3-6-20-16(24)12(10-19)14(23)5-4-13-15(18)21-17-22(13)7-9-26-17/h4-5,7,9,11-12H,3,6,8H2,1-2H3,(H,20,24)/b5-4+. The molecule has 2 heterocycles. The fourth-order valence-electron chi connectivity index (χ4n) is 2.14. The summed E-state index contributed by atoms with van der Waals surface area (Å²) in [4.78, 5) is 29.1. The normalized spacial score (nSPS) is 12.6. The number of ketones is 1. The zero-order valence-corrected chi connectivity index (χ0v) is 16.0. The van der Waals surface area contributed by atoms with E-state index in [1.54, 1.807) is 16.7 Å². The molecule has 138 valence electrons. The first kappa shape index (κ1) is 20.1. The number of nitrogens with zero attached hydrogens (tertiary/aromatic N) is 3. The molecule has 26 heavy (non-hydrogen) atoms. The van der Waals surface area contributed by atoms with Crippen LogP contribution in [0, 0.1) is 17.2 Å². The van der Waals surface area contributed by atoms with Gasteiger partial charge in [-0.3, -0.25) is 14.0 Å². The second-order valence-electron chi connectivity index (χ2n) is 5.71. The minimum atomic E-state index is -1.40. The molecular formula is C17H19ClN4O3S. The summed E-state index contributed by atoms with van der Waals surface area (Å²) in [6.45, 7) is 4.68. The summed E-state index contributed by atoms with van der Waals surface area (Å²) in [7, 11) is 0. The van der Waals surface area contributed by atoms with E-state index in [1.807, 2.05) is 19.2 Å². The van der Waals surface area contributed by atoms with E-state index in [-0.39, 0.29) is 11.3 Å². The number of hydrogen-bond donors (Lipinski definition) is 1. The highest BCUT2D eigenvalue weighted by atomic mass is 35.5. The number of aromatic nitrogens is 2. The maximum absolute atomic E-state index is 12.2. The lowest BCUT2D eigenvalue weighted by Crippen LogP contribution is -2.35. The maximum atomic E-state index is 12.2. The molecule has 0 saturated carbocycles. The Morgan fingerprint density at radius 2 is 2.31 bits per heavy atom. The summed E-state index contributed by atoms with van der Waals surface area (Å²) in [5.41, 5.74) is 0.527. The third kappa shape index (κ3) is 5.14. The Bertz CT molecular complexity index is 850. The molecule has 2 aromatic rings. The molecule has 0 aromatic carbocycles. The molecule has 1 atom stereocenters. The van der Waals surface area contributed by atoms with Gasteiger partial charge in [0.05, 0.1) is 17.9 Å². The van der Waals surface area contributed by atoms with E-state index in [0.717, 1.165) is 0 Å². The molecule has 1 unspecified atom stereocenters. The van der Waals surface area contributed by atoms with Gasteiger partial charge in [0.15, 0.2) is 21.8 Å². The van der Waals surface area contributed by atoms with Gasteiger partial charge in [-0.1, -0.05) is 11.6 Å². The molecule has 0 aliphatic heterocycles. The topological polar surface area (TPSA) is 96.5 Å². The van der Waals surface area contributed by atoms with E-state index in [1.165, 1.54) is 23.5 Å². The maximum Gasteiger partial charge on any atom is 0.245 e. The lowest BCUT2D eigenvalue weighted by atomic mass is 10.0. The van der Waals surface area contributed by atoms with Crippen LogP contribution in [0.25, 0.3) is 11.0 Å². The number of ether oxygens (including phenoxy) is 1. The molecule has 0 saturated heterocycles. The number of rotatable bonds is 9. The second-order valence-corrected chi connectivity index (χ2v) is 6.94. The third-order valence-electron chi connectivity index (χ3n) is 3.41. The van der Waals surface area contributed by atoms with Crippen LogP contribution in [-0.4, -0.2) is 40.3 Å². The van der Waals surface area contributed by atoms with E-state index < -0.39 is 17.6 Å². The molecule has 1 N–H and O–H groups in total. The minimum absolute atomic E-state index is 0.120. The lowest BCUT2D eigenvalue weighted by Gasteiger charge is -2.09. The highest BCUT2D eigenvalue weighted by molar-refractivity contribution is 7.15. The Kier molecular flexibility index (Phi) is 7.33. The van der Waals surface area contributed by atoms with Crippen molar-refractivity contribution in [2.24, 2.45) is 5.92 Å². The van der Waals surface area contributed by atoms with Gasteiger partial charge in [0.1, 0.15) is 0 Å². The van der Waals surface area contributed by atoms with Crippen LogP contribution in [0.5, 0.6) is 0 Å². The quantitative estimate of drug-likeness (QED) is 0.400. The highest BCUT2D eigenvalue weighted by Gasteiger charge is 2.24. The van der Waals surface area contributed by atoms with Crippen molar-refractivity contribution in [1.82, 2.24) is 14.7 Å². The van der Waals surface area contributed by atoms with Crippen LogP contribution in [0.4, 0.5) is 0 Å². The van der Waals surface area contributed by atoms with Crippen molar-refractivity contribution in [2.75, 3.05) is 13.2 Å². The summed E-state index contributed by atoms with van der Waals surface area (Å²) in [5, 5.41) is 13.8. The first-order valence-electron chi connectivity index (χ1n) is 8.06. The number of amides is 1. The van der Waals surface area contributed by atoms with Gasteiger partial charge in [-0.05, 0) is 32.4 Å². The molecular weight excluding hydrogens is 376 g/mol. The molecule has 0 radical (unpaired) electrons. The van der Waals surface area contributed by atoms with E-state index in [9.17, 15) is 9.59 Å². The van der Waals surface area contributed by atoms with Crippen LogP contribution in [-0.2, 0) is 14.3 Å². The Hall–Kier alpha value is -2.21. The van der Waals surface area contributed by atoms with Crippen molar-refractivity contribution in [3.63, 3.8) is 0 Å². The molecule has 2 aromatic heterocycles. The van der Waals surface area contributed by atoms with Crippen molar-refractivity contribution < 1.29 is 14.3 Å². The predicted octanol–water partition coefficient (Wildman–Crippen LogP) is 2.70. The zero-order valence-electron chi connectivity index (χ0n) is 14.4. The zero-order chi connectivity index (χ0) is 19.1. The second kappa shape index (κ2) is 9.48. The van der Waals surface area contributed by atoms with Gasteiger partial charge in [-0.15, -0.1) is 11.3 Å². The van der Waals surface area contributed by atoms with Crippen LogP contribution < -0.4 is 5.32 Å². The number of carbonyl (C=O) groups excluding carboxylic acids is 2. The SMILES string of the molecule is CC(C)OCCCNC(=O)C(C#N)C(=O)/C=C/c1c(Cl)nc2sccn12. The average Bonchev–Trinajstić information content (AvgIpc) is 3.13.